The molecule has 5 rings (SSSR count). The van der Waals surface area contributed by atoms with Gasteiger partial charge in [-0.1, -0.05) is 48.5 Å². The SMILES string of the molecule is O=C(OCc1cn(-c2ccccc2)nc1-c1ccccc1)[C@@H]1CCCN1C(=O)c1ccco1. The average molecular weight is 441 g/mol. The van der Waals surface area contributed by atoms with Crippen molar-refractivity contribution in [3.8, 4) is 16.9 Å². The fraction of sp³-hybridized carbons (Fsp3) is 0.192. The number of aromatic nitrogens is 2. The molecule has 0 N–H and O–H groups in total. The minimum Gasteiger partial charge on any atom is -0.459 e. The maximum atomic E-state index is 13.0. The zero-order chi connectivity index (χ0) is 22.6. The topological polar surface area (TPSA) is 77.6 Å². The number of ether oxygens (including phenoxy) is 1. The molecule has 7 nitrogen and oxygen atoms in total. The lowest BCUT2D eigenvalue weighted by atomic mass is 10.1. The van der Waals surface area contributed by atoms with Gasteiger partial charge in [-0.3, -0.25) is 4.79 Å². The molecule has 0 bridgehead atoms. The standard InChI is InChI=1S/C26H23N3O4/c30-25(23-14-8-16-32-23)28-15-7-13-22(28)26(31)33-18-20-17-29(21-11-5-2-6-12-21)27-24(20)19-9-3-1-4-10-19/h1-6,8-12,14,16-17,22H,7,13,15,18H2/t22-/m0/s1. The fourth-order valence-corrected chi connectivity index (χ4v) is 4.11. The van der Waals surface area contributed by atoms with Gasteiger partial charge in [0.2, 0.25) is 0 Å². The Morgan fingerprint density at radius 2 is 1.76 bits per heavy atom. The van der Waals surface area contributed by atoms with E-state index >= 15 is 0 Å². The molecule has 1 aliphatic rings. The van der Waals surface area contributed by atoms with Crippen LogP contribution < -0.4 is 0 Å². The zero-order valence-corrected chi connectivity index (χ0v) is 18.0. The third-order valence-corrected chi connectivity index (χ3v) is 5.75. The van der Waals surface area contributed by atoms with Crippen molar-refractivity contribution in [2.24, 2.45) is 0 Å². The van der Waals surface area contributed by atoms with Crippen LogP contribution in [0, 0.1) is 0 Å². The Hall–Kier alpha value is -4.13. The number of nitrogens with zero attached hydrogens (tertiary/aromatic N) is 3. The Kier molecular flexibility index (Phi) is 5.76. The number of amides is 1. The van der Waals surface area contributed by atoms with E-state index in [0.29, 0.717) is 13.0 Å². The molecule has 2 aromatic carbocycles. The number of rotatable bonds is 6. The molecule has 4 aromatic rings. The second-order valence-electron chi connectivity index (χ2n) is 7.89. The summed E-state index contributed by atoms with van der Waals surface area (Å²) in [7, 11) is 0. The molecule has 1 atom stereocenters. The molecule has 0 radical (unpaired) electrons. The molecular formula is C26H23N3O4. The molecule has 1 saturated heterocycles. The van der Waals surface area contributed by atoms with Crippen molar-refractivity contribution < 1.29 is 18.7 Å². The molecule has 1 amide bonds. The van der Waals surface area contributed by atoms with Gasteiger partial charge in [-0.25, -0.2) is 9.48 Å². The highest BCUT2D eigenvalue weighted by molar-refractivity contribution is 5.95. The van der Waals surface area contributed by atoms with Crippen LogP contribution in [-0.2, 0) is 16.1 Å². The van der Waals surface area contributed by atoms with E-state index in [4.69, 9.17) is 14.3 Å². The molecule has 7 heteroatoms. The van der Waals surface area contributed by atoms with Crippen molar-refractivity contribution in [1.29, 1.82) is 0 Å². The Morgan fingerprint density at radius 3 is 2.48 bits per heavy atom. The first-order chi connectivity index (χ1) is 16.2. The lowest BCUT2D eigenvalue weighted by molar-refractivity contribution is -0.149. The van der Waals surface area contributed by atoms with Crippen LogP contribution in [0.5, 0.6) is 0 Å². The number of likely N-dealkylation sites (tertiary alicyclic amines) is 1. The van der Waals surface area contributed by atoms with E-state index in [2.05, 4.69) is 0 Å². The minimum absolute atomic E-state index is 0.0647. The van der Waals surface area contributed by atoms with Crippen LogP contribution in [0.4, 0.5) is 0 Å². The number of hydrogen-bond acceptors (Lipinski definition) is 5. The van der Waals surface area contributed by atoms with E-state index in [0.717, 1.165) is 28.9 Å². The summed E-state index contributed by atoms with van der Waals surface area (Å²) >= 11 is 0. The van der Waals surface area contributed by atoms with Crippen molar-refractivity contribution in [2.45, 2.75) is 25.5 Å². The predicted molar refractivity (Wildman–Crippen MR) is 122 cm³/mol. The normalized spacial score (nSPS) is 15.5. The summed E-state index contributed by atoms with van der Waals surface area (Å²) in [5, 5.41) is 4.75. The van der Waals surface area contributed by atoms with Crippen molar-refractivity contribution in [1.82, 2.24) is 14.7 Å². The van der Waals surface area contributed by atoms with E-state index in [1.54, 1.807) is 16.8 Å². The van der Waals surface area contributed by atoms with Gasteiger partial charge in [0, 0.05) is 23.9 Å². The molecule has 2 aromatic heterocycles. The molecule has 33 heavy (non-hydrogen) atoms. The lowest BCUT2D eigenvalue weighted by Crippen LogP contribution is -2.41. The number of hydrogen-bond donors (Lipinski definition) is 0. The fourth-order valence-electron chi connectivity index (χ4n) is 4.11. The Morgan fingerprint density at radius 1 is 1.00 bits per heavy atom. The first-order valence-electron chi connectivity index (χ1n) is 10.9. The van der Waals surface area contributed by atoms with E-state index in [9.17, 15) is 9.59 Å². The minimum atomic E-state index is -0.619. The summed E-state index contributed by atoms with van der Waals surface area (Å²) in [5.41, 5.74) is 3.40. The van der Waals surface area contributed by atoms with Gasteiger partial charge < -0.3 is 14.1 Å². The third kappa shape index (κ3) is 4.30. The number of carbonyl (C=O) groups is 2. The lowest BCUT2D eigenvalue weighted by Gasteiger charge is -2.22. The van der Waals surface area contributed by atoms with Gasteiger partial charge in [-0.15, -0.1) is 0 Å². The Labute approximate surface area is 191 Å². The monoisotopic (exact) mass is 441 g/mol. The van der Waals surface area contributed by atoms with Crippen LogP contribution in [0.1, 0.15) is 29.0 Å². The summed E-state index contributed by atoms with van der Waals surface area (Å²) in [6, 6.07) is 22.2. The van der Waals surface area contributed by atoms with E-state index in [1.165, 1.54) is 11.2 Å². The Bertz CT molecular complexity index is 1230. The van der Waals surface area contributed by atoms with Crippen LogP contribution in [0.3, 0.4) is 0 Å². The number of benzene rings is 2. The third-order valence-electron chi connectivity index (χ3n) is 5.75. The van der Waals surface area contributed by atoms with Crippen molar-refractivity contribution in [3.05, 3.63) is 96.6 Å². The number of esters is 1. The van der Waals surface area contributed by atoms with Crippen LogP contribution >= 0.6 is 0 Å². The molecule has 3 heterocycles. The van der Waals surface area contributed by atoms with Crippen LogP contribution in [-0.4, -0.2) is 39.1 Å². The second-order valence-corrected chi connectivity index (χ2v) is 7.89. The van der Waals surface area contributed by atoms with E-state index < -0.39 is 12.0 Å². The smallest absolute Gasteiger partial charge is 0.329 e. The molecule has 1 fully saturated rings. The zero-order valence-electron chi connectivity index (χ0n) is 18.0. The van der Waals surface area contributed by atoms with Crippen LogP contribution in [0.2, 0.25) is 0 Å². The van der Waals surface area contributed by atoms with Gasteiger partial charge >= 0.3 is 5.97 Å². The van der Waals surface area contributed by atoms with Gasteiger partial charge in [-0.05, 0) is 37.1 Å². The van der Waals surface area contributed by atoms with Gasteiger partial charge in [0.15, 0.2) is 5.76 Å². The Balaban J connectivity index is 1.36. The van der Waals surface area contributed by atoms with Crippen LogP contribution in [0.15, 0.2) is 89.7 Å². The van der Waals surface area contributed by atoms with Gasteiger partial charge in [0.05, 0.1) is 17.6 Å². The molecule has 166 valence electrons. The molecule has 1 aliphatic heterocycles. The van der Waals surface area contributed by atoms with E-state index in [1.807, 2.05) is 66.9 Å². The largest absolute Gasteiger partial charge is 0.459 e. The maximum absolute atomic E-state index is 13.0. The van der Waals surface area contributed by atoms with Gasteiger partial charge in [-0.2, -0.15) is 5.10 Å². The summed E-state index contributed by atoms with van der Waals surface area (Å²) in [6.07, 6.45) is 4.64. The van der Waals surface area contributed by atoms with Crippen LogP contribution in [0.25, 0.3) is 16.9 Å². The summed E-state index contributed by atoms with van der Waals surface area (Å²) < 4.78 is 12.7. The highest BCUT2D eigenvalue weighted by Crippen LogP contribution is 2.26. The molecule has 0 saturated carbocycles. The predicted octanol–water partition coefficient (Wildman–Crippen LogP) is 4.48. The van der Waals surface area contributed by atoms with Gasteiger partial charge in [0.25, 0.3) is 5.91 Å². The molecule has 0 unspecified atom stereocenters. The summed E-state index contributed by atoms with van der Waals surface area (Å²) in [5.74, 6) is -0.481. The average Bonchev–Trinajstić information content (AvgIpc) is 3.64. The second kappa shape index (κ2) is 9.16. The quantitative estimate of drug-likeness (QED) is 0.412. The van der Waals surface area contributed by atoms with Crippen molar-refractivity contribution in [2.75, 3.05) is 6.54 Å². The maximum Gasteiger partial charge on any atom is 0.329 e. The first-order valence-corrected chi connectivity index (χ1v) is 10.9. The van der Waals surface area contributed by atoms with Gasteiger partial charge in [0.1, 0.15) is 12.6 Å². The molecular weight excluding hydrogens is 418 g/mol. The number of para-hydroxylation sites is 1. The number of carbonyl (C=O) groups excluding carboxylic acids is 2. The highest BCUT2D eigenvalue weighted by atomic mass is 16.5. The van der Waals surface area contributed by atoms with Crippen molar-refractivity contribution >= 4 is 11.9 Å². The summed E-state index contributed by atoms with van der Waals surface area (Å²) in [4.78, 5) is 27.2. The van der Waals surface area contributed by atoms with E-state index in [-0.39, 0.29) is 18.3 Å². The molecule has 0 spiro atoms. The van der Waals surface area contributed by atoms with Crippen molar-refractivity contribution in [3.63, 3.8) is 0 Å². The first kappa shape index (κ1) is 20.8. The summed E-state index contributed by atoms with van der Waals surface area (Å²) in [6.45, 7) is 0.565. The molecule has 0 aliphatic carbocycles. The number of furan rings is 1. The highest BCUT2D eigenvalue weighted by Gasteiger charge is 2.36.